The maximum absolute atomic E-state index is 14.2. The molecule has 0 aliphatic carbocycles. The molecule has 5 amide bonds. The number of methoxy groups -OCH3 is 1. The van der Waals surface area contributed by atoms with Crippen LogP contribution in [0, 0.1) is 23.7 Å². The Morgan fingerprint density at radius 2 is 1.13 bits per heavy atom. The van der Waals surface area contributed by atoms with Crippen molar-refractivity contribution in [3.8, 4) is 0 Å². The highest BCUT2D eigenvalue weighted by Gasteiger charge is 2.38. The summed E-state index contributed by atoms with van der Waals surface area (Å²) >= 11 is 0. The average Bonchev–Trinajstić information content (AvgIpc) is 3.05. The van der Waals surface area contributed by atoms with Gasteiger partial charge in [-0.1, -0.05) is 85.7 Å². The third-order valence-corrected chi connectivity index (χ3v) is 8.61. The summed E-state index contributed by atoms with van der Waals surface area (Å²) in [5.74, 6) is -3.06. The molecular formula is C40H67N5O8. The minimum Gasteiger partial charge on any atom is -0.467 e. The summed E-state index contributed by atoms with van der Waals surface area (Å²) < 4.78 is 10.5. The third kappa shape index (κ3) is 16.2. The van der Waals surface area contributed by atoms with Crippen molar-refractivity contribution in [1.29, 1.82) is 0 Å². The Morgan fingerprint density at radius 1 is 0.660 bits per heavy atom. The number of hydrogen-bond acceptors (Lipinski definition) is 8. The van der Waals surface area contributed by atoms with Crippen LogP contribution in [0.2, 0.25) is 0 Å². The number of benzene rings is 1. The van der Waals surface area contributed by atoms with Gasteiger partial charge in [0.2, 0.25) is 23.6 Å². The zero-order chi connectivity index (χ0) is 40.8. The first-order chi connectivity index (χ1) is 24.5. The molecular weight excluding hydrogens is 678 g/mol. The van der Waals surface area contributed by atoms with Crippen LogP contribution >= 0.6 is 0 Å². The van der Waals surface area contributed by atoms with Crippen LogP contribution < -0.4 is 16.0 Å². The van der Waals surface area contributed by atoms with Crippen LogP contribution in [0.4, 0.5) is 4.79 Å². The maximum atomic E-state index is 14.2. The first kappa shape index (κ1) is 46.9. The molecule has 53 heavy (non-hydrogen) atoms. The molecule has 1 aromatic rings. The highest BCUT2D eigenvalue weighted by atomic mass is 16.6. The number of amides is 5. The van der Waals surface area contributed by atoms with Crippen molar-refractivity contribution in [3.05, 3.63) is 35.9 Å². The second kappa shape index (κ2) is 21.5. The minimum absolute atomic E-state index is 0.00187. The van der Waals surface area contributed by atoms with Crippen molar-refractivity contribution < 1.29 is 38.2 Å². The molecule has 0 aliphatic rings. The molecule has 1 rings (SSSR count). The largest absolute Gasteiger partial charge is 0.467 e. The summed E-state index contributed by atoms with van der Waals surface area (Å²) in [6.45, 7) is 20.3. The highest BCUT2D eigenvalue weighted by Crippen LogP contribution is 2.19. The van der Waals surface area contributed by atoms with Crippen molar-refractivity contribution in [1.82, 2.24) is 25.8 Å². The topological polar surface area (TPSA) is 163 Å². The van der Waals surface area contributed by atoms with Crippen LogP contribution in [0.15, 0.2) is 30.3 Å². The van der Waals surface area contributed by atoms with Gasteiger partial charge in [0.25, 0.3) is 0 Å². The van der Waals surface area contributed by atoms with E-state index in [0.717, 1.165) is 5.56 Å². The molecule has 0 spiro atoms. The molecule has 0 radical (unpaired) electrons. The van der Waals surface area contributed by atoms with E-state index >= 15 is 0 Å². The van der Waals surface area contributed by atoms with E-state index in [0.29, 0.717) is 12.8 Å². The van der Waals surface area contributed by atoms with Gasteiger partial charge >= 0.3 is 12.1 Å². The Balaban J connectivity index is 3.35. The SMILES string of the molecule is COC(=O)[C@H](Cc1ccccc1)NC(=O)[C@H](CC(C)C)N(C)C(=O)[C@@H](NC(=O)[C@H](CC(C)C)NC(=O)[C@H](CC(C)C)N(C)C(=O)OC(C)(C)C)C(C)C. The molecule has 0 unspecified atom stereocenters. The van der Waals surface area contributed by atoms with E-state index in [4.69, 9.17) is 9.47 Å². The number of ether oxygens (including phenoxy) is 2. The number of carbonyl (C=O) groups is 6. The standard InChI is InChI=1S/C40H67N5O8/c1-24(2)20-29(41-36(48)32(22-26(5)6)45(13)39(51)53-40(9,10)11)34(46)43-33(27(7)8)37(49)44(12)31(21-25(3)4)35(47)42-30(38(50)52-14)23-28-18-16-15-17-19-28/h15-19,24-27,29-33H,20-23H2,1-14H3,(H,41,48)(H,42,47)(H,43,46)/t29-,30-,31-,32-,33-/m0/s1. The molecule has 0 heterocycles. The van der Waals surface area contributed by atoms with E-state index in [1.165, 1.54) is 31.0 Å². The third-order valence-electron chi connectivity index (χ3n) is 8.61. The van der Waals surface area contributed by atoms with Crippen molar-refractivity contribution >= 4 is 35.7 Å². The molecule has 3 N–H and O–H groups in total. The summed E-state index contributed by atoms with van der Waals surface area (Å²) in [5, 5.41) is 8.52. The molecule has 13 heteroatoms. The van der Waals surface area contributed by atoms with Gasteiger partial charge in [-0.2, -0.15) is 0 Å². The molecule has 0 aromatic heterocycles. The Bertz CT molecular complexity index is 1360. The van der Waals surface area contributed by atoms with Crippen molar-refractivity contribution in [2.24, 2.45) is 23.7 Å². The van der Waals surface area contributed by atoms with Crippen molar-refractivity contribution in [2.45, 2.75) is 138 Å². The Kier molecular flexibility index (Phi) is 19.0. The zero-order valence-electron chi connectivity index (χ0n) is 34.6. The van der Waals surface area contributed by atoms with Crippen LogP contribution in [-0.2, 0) is 39.9 Å². The highest BCUT2D eigenvalue weighted by molar-refractivity contribution is 5.96. The summed E-state index contributed by atoms with van der Waals surface area (Å²) in [4.78, 5) is 84.1. The fraction of sp³-hybridized carbons (Fsp3) is 0.700. The lowest BCUT2D eigenvalue weighted by Crippen LogP contribution is -2.60. The normalized spacial score (nSPS) is 14.5. The number of carbonyl (C=O) groups excluding carboxylic acids is 6. The van der Waals surface area contributed by atoms with Gasteiger partial charge in [0, 0.05) is 20.5 Å². The Morgan fingerprint density at radius 3 is 1.57 bits per heavy atom. The number of likely N-dealkylation sites (N-methyl/N-ethyl adjacent to an activating group) is 2. The number of nitrogens with one attached hydrogen (secondary N) is 3. The van der Waals surface area contributed by atoms with E-state index in [1.807, 2.05) is 71.9 Å². The first-order valence-electron chi connectivity index (χ1n) is 18.7. The zero-order valence-corrected chi connectivity index (χ0v) is 34.6. The lowest BCUT2D eigenvalue weighted by molar-refractivity contribution is -0.147. The van der Waals surface area contributed by atoms with Gasteiger partial charge in [-0.25, -0.2) is 9.59 Å². The van der Waals surface area contributed by atoms with Gasteiger partial charge in [-0.3, -0.25) is 24.1 Å². The van der Waals surface area contributed by atoms with E-state index in [-0.39, 0.29) is 36.5 Å². The van der Waals surface area contributed by atoms with Crippen LogP contribution in [0.1, 0.15) is 101 Å². The lowest BCUT2D eigenvalue weighted by atomic mass is 9.96. The van der Waals surface area contributed by atoms with E-state index in [2.05, 4.69) is 16.0 Å². The molecule has 13 nitrogen and oxygen atoms in total. The van der Waals surface area contributed by atoms with Crippen LogP contribution in [0.5, 0.6) is 0 Å². The summed E-state index contributed by atoms with van der Waals surface area (Å²) in [6, 6.07) is 4.30. The fourth-order valence-electron chi connectivity index (χ4n) is 5.80. The number of esters is 1. The minimum atomic E-state index is -1.04. The molecule has 0 saturated carbocycles. The fourth-order valence-corrected chi connectivity index (χ4v) is 5.80. The maximum Gasteiger partial charge on any atom is 0.410 e. The average molecular weight is 746 g/mol. The molecule has 0 fully saturated rings. The van der Waals surface area contributed by atoms with E-state index < -0.39 is 71.5 Å². The molecule has 0 aliphatic heterocycles. The Labute approximate surface area is 317 Å². The first-order valence-corrected chi connectivity index (χ1v) is 18.7. The quantitative estimate of drug-likeness (QED) is 0.172. The van der Waals surface area contributed by atoms with Gasteiger partial charge in [-0.15, -0.1) is 0 Å². The second-order valence-corrected chi connectivity index (χ2v) is 16.5. The van der Waals surface area contributed by atoms with Crippen LogP contribution in [0.25, 0.3) is 0 Å². The van der Waals surface area contributed by atoms with Crippen molar-refractivity contribution in [2.75, 3.05) is 21.2 Å². The van der Waals surface area contributed by atoms with Crippen molar-refractivity contribution in [3.63, 3.8) is 0 Å². The smallest absolute Gasteiger partial charge is 0.410 e. The van der Waals surface area contributed by atoms with Gasteiger partial charge in [0.15, 0.2) is 0 Å². The summed E-state index contributed by atoms with van der Waals surface area (Å²) in [5.41, 5.74) is 0.0567. The van der Waals surface area contributed by atoms with Gasteiger partial charge < -0.3 is 30.3 Å². The van der Waals surface area contributed by atoms with Crippen LogP contribution in [-0.4, -0.2) is 103 Å². The molecule has 0 saturated heterocycles. The predicted molar refractivity (Wildman–Crippen MR) is 206 cm³/mol. The number of rotatable bonds is 19. The predicted octanol–water partition coefficient (Wildman–Crippen LogP) is 4.71. The Hall–Kier alpha value is -4.16. The monoisotopic (exact) mass is 745 g/mol. The second-order valence-electron chi connectivity index (χ2n) is 16.5. The summed E-state index contributed by atoms with van der Waals surface area (Å²) in [6.07, 6.45) is 0.433. The molecule has 5 atom stereocenters. The van der Waals surface area contributed by atoms with Crippen LogP contribution in [0.3, 0.4) is 0 Å². The number of hydrogen-bond donors (Lipinski definition) is 3. The molecule has 0 bridgehead atoms. The molecule has 1 aromatic carbocycles. The number of nitrogens with zero attached hydrogens (tertiary/aromatic N) is 2. The van der Waals surface area contributed by atoms with E-state index in [1.54, 1.807) is 34.6 Å². The van der Waals surface area contributed by atoms with Gasteiger partial charge in [-0.05, 0) is 69.3 Å². The summed E-state index contributed by atoms with van der Waals surface area (Å²) in [7, 11) is 4.26. The van der Waals surface area contributed by atoms with Gasteiger partial charge in [0.1, 0.15) is 35.8 Å². The lowest BCUT2D eigenvalue weighted by Gasteiger charge is -2.35. The van der Waals surface area contributed by atoms with E-state index in [9.17, 15) is 28.8 Å². The molecule has 300 valence electrons. The van der Waals surface area contributed by atoms with Gasteiger partial charge in [0.05, 0.1) is 7.11 Å².